The van der Waals surface area contributed by atoms with Gasteiger partial charge >= 0.3 is 0 Å². The summed E-state index contributed by atoms with van der Waals surface area (Å²) in [7, 11) is 1.76. The van der Waals surface area contributed by atoms with Gasteiger partial charge in [0.15, 0.2) is 6.23 Å². The lowest BCUT2D eigenvalue weighted by Crippen LogP contribution is -2.18. The Hall–Kier alpha value is -2.60. The van der Waals surface area contributed by atoms with Crippen LogP contribution in [0.2, 0.25) is 0 Å². The standard InChI is InChI=1S/C21H25F2N5O3S/c1-10-8-11(29)6-7-15(31-10)18-14(9-25-28(18)2)26-20(30)17-19(24)32-21(27-17)16-12(22)4-3-5-13(16)23/h3-5,9-11,15,20,26,29-30H,6-8,24H2,1-2H3/t10-,11?,15-,20?/m1/s1. The number of ether oxygens (including phenoxy) is 1. The second kappa shape index (κ2) is 9.10. The molecule has 4 rings (SSSR count). The Bertz CT molecular complexity index is 1090. The average Bonchev–Trinajstić information content (AvgIpc) is 3.22. The number of aryl methyl sites for hydroxylation is 1. The summed E-state index contributed by atoms with van der Waals surface area (Å²) in [4.78, 5) is 4.19. The number of benzene rings is 1. The fourth-order valence-electron chi connectivity index (χ4n) is 3.95. The maximum atomic E-state index is 14.1. The number of aromatic nitrogens is 3. The number of hydrogen-bond donors (Lipinski definition) is 4. The maximum Gasteiger partial charge on any atom is 0.171 e. The highest BCUT2D eigenvalue weighted by Gasteiger charge is 2.29. The lowest BCUT2D eigenvalue weighted by Gasteiger charge is -2.22. The highest BCUT2D eigenvalue weighted by atomic mass is 32.1. The van der Waals surface area contributed by atoms with Crippen molar-refractivity contribution in [3.63, 3.8) is 0 Å². The number of halogens is 2. The molecule has 3 heterocycles. The van der Waals surface area contributed by atoms with Crippen molar-refractivity contribution >= 4 is 22.0 Å². The number of hydrogen-bond acceptors (Lipinski definition) is 8. The topological polar surface area (TPSA) is 118 Å². The Morgan fingerprint density at radius 2 is 2.03 bits per heavy atom. The summed E-state index contributed by atoms with van der Waals surface area (Å²) in [6, 6.07) is 3.54. The fraction of sp³-hybridized carbons (Fsp3) is 0.429. The monoisotopic (exact) mass is 465 g/mol. The van der Waals surface area contributed by atoms with Crippen molar-refractivity contribution in [3.05, 3.63) is 47.4 Å². The summed E-state index contributed by atoms with van der Waals surface area (Å²) in [5.41, 5.74) is 7.01. The maximum absolute atomic E-state index is 14.1. The normalized spacial score (nSPS) is 22.5. The van der Waals surface area contributed by atoms with Gasteiger partial charge in [-0.15, -0.1) is 0 Å². The molecule has 4 atom stereocenters. The average molecular weight is 466 g/mol. The van der Waals surface area contributed by atoms with E-state index in [0.29, 0.717) is 30.6 Å². The molecule has 172 valence electrons. The number of nitrogens with zero attached hydrogens (tertiary/aromatic N) is 3. The second-order valence-electron chi connectivity index (χ2n) is 7.88. The number of aliphatic hydroxyl groups excluding tert-OH is 2. The van der Waals surface area contributed by atoms with E-state index >= 15 is 0 Å². The van der Waals surface area contributed by atoms with Gasteiger partial charge in [-0.05, 0) is 38.3 Å². The molecule has 0 bridgehead atoms. The van der Waals surface area contributed by atoms with Crippen LogP contribution in [0.15, 0.2) is 24.4 Å². The van der Waals surface area contributed by atoms with Gasteiger partial charge in [0, 0.05) is 7.05 Å². The predicted octanol–water partition coefficient (Wildman–Crippen LogP) is 3.50. The third-order valence-electron chi connectivity index (χ3n) is 5.46. The quantitative estimate of drug-likeness (QED) is 0.426. The molecule has 0 saturated carbocycles. The zero-order chi connectivity index (χ0) is 23.0. The lowest BCUT2D eigenvalue weighted by molar-refractivity contribution is -0.00894. The molecular formula is C21H25F2N5O3S. The van der Waals surface area contributed by atoms with Gasteiger partial charge in [0.25, 0.3) is 0 Å². The number of nitrogens with one attached hydrogen (secondary N) is 1. The first-order valence-electron chi connectivity index (χ1n) is 10.2. The molecule has 0 radical (unpaired) electrons. The molecule has 1 fully saturated rings. The summed E-state index contributed by atoms with van der Waals surface area (Å²) in [5, 5.41) is 28.2. The minimum atomic E-state index is -1.34. The molecule has 2 unspecified atom stereocenters. The third kappa shape index (κ3) is 4.46. The van der Waals surface area contributed by atoms with E-state index in [1.165, 1.54) is 6.07 Å². The third-order valence-corrected chi connectivity index (χ3v) is 6.38. The zero-order valence-corrected chi connectivity index (χ0v) is 18.4. The summed E-state index contributed by atoms with van der Waals surface area (Å²) in [5.74, 6) is -1.52. The molecule has 1 aliphatic rings. The van der Waals surface area contributed by atoms with Crippen molar-refractivity contribution in [2.75, 3.05) is 11.1 Å². The van der Waals surface area contributed by atoms with Crippen LogP contribution in [0.5, 0.6) is 0 Å². The Kier molecular flexibility index (Phi) is 6.42. The zero-order valence-electron chi connectivity index (χ0n) is 17.6. The molecule has 3 aromatic rings. The minimum absolute atomic E-state index is 0.0373. The molecule has 1 saturated heterocycles. The molecule has 11 heteroatoms. The number of aliphatic hydroxyl groups is 2. The van der Waals surface area contributed by atoms with Crippen LogP contribution in [-0.4, -0.2) is 37.2 Å². The Balaban J connectivity index is 1.59. The smallest absolute Gasteiger partial charge is 0.171 e. The van der Waals surface area contributed by atoms with E-state index in [-0.39, 0.29) is 33.5 Å². The molecule has 1 aliphatic heterocycles. The van der Waals surface area contributed by atoms with E-state index in [4.69, 9.17) is 10.5 Å². The van der Waals surface area contributed by atoms with E-state index < -0.39 is 24.0 Å². The van der Waals surface area contributed by atoms with E-state index in [9.17, 15) is 19.0 Å². The Morgan fingerprint density at radius 3 is 2.75 bits per heavy atom. The van der Waals surface area contributed by atoms with Crippen molar-refractivity contribution < 1.29 is 23.7 Å². The summed E-state index contributed by atoms with van der Waals surface area (Å²) >= 11 is 0.889. The van der Waals surface area contributed by atoms with Gasteiger partial charge in [0.1, 0.15) is 33.4 Å². The van der Waals surface area contributed by atoms with Crippen LogP contribution >= 0.6 is 11.3 Å². The van der Waals surface area contributed by atoms with Crippen LogP contribution in [-0.2, 0) is 11.8 Å². The second-order valence-corrected chi connectivity index (χ2v) is 8.91. The van der Waals surface area contributed by atoms with Crippen LogP contribution in [0.4, 0.5) is 19.5 Å². The Labute approximate surface area is 187 Å². The van der Waals surface area contributed by atoms with Crippen LogP contribution in [0.1, 0.15) is 49.9 Å². The van der Waals surface area contributed by atoms with E-state index in [0.717, 1.165) is 23.5 Å². The number of nitrogen functional groups attached to an aromatic ring is 1. The van der Waals surface area contributed by atoms with Gasteiger partial charge in [0.05, 0.1) is 35.3 Å². The first kappa shape index (κ1) is 22.6. The molecule has 32 heavy (non-hydrogen) atoms. The van der Waals surface area contributed by atoms with Gasteiger partial charge < -0.3 is 26.0 Å². The van der Waals surface area contributed by atoms with Crippen molar-refractivity contribution in [2.45, 2.75) is 50.7 Å². The number of anilines is 2. The number of rotatable bonds is 5. The van der Waals surface area contributed by atoms with Crippen molar-refractivity contribution in [3.8, 4) is 10.6 Å². The summed E-state index contributed by atoms with van der Waals surface area (Å²) in [6.07, 6.45) is 1.02. The largest absolute Gasteiger partial charge is 0.393 e. The highest BCUT2D eigenvalue weighted by molar-refractivity contribution is 7.18. The van der Waals surface area contributed by atoms with Crippen molar-refractivity contribution in [2.24, 2.45) is 7.05 Å². The minimum Gasteiger partial charge on any atom is -0.393 e. The van der Waals surface area contributed by atoms with E-state index in [1.807, 2.05) is 6.92 Å². The molecule has 5 N–H and O–H groups in total. The Morgan fingerprint density at radius 1 is 1.31 bits per heavy atom. The lowest BCUT2D eigenvalue weighted by atomic mass is 10.1. The number of thiazole rings is 1. The van der Waals surface area contributed by atoms with Crippen LogP contribution in [0.3, 0.4) is 0 Å². The van der Waals surface area contributed by atoms with Gasteiger partial charge in [-0.2, -0.15) is 5.10 Å². The summed E-state index contributed by atoms with van der Waals surface area (Å²) < 4.78 is 36.0. The van der Waals surface area contributed by atoms with Crippen molar-refractivity contribution in [1.82, 2.24) is 14.8 Å². The van der Waals surface area contributed by atoms with E-state index in [2.05, 4.69) is 15.4 Å². The molecule has 0 amide bonds. The van der Waals surface area contributed by atoms with E-state index in [1.54, 1.807) is 17.9 Å². The van der Waals surface area contributed by atoms with Crippen LogP contribution < -0.4 is 11.1 Å². The SMILES string of the molecule is C[C@@H]1CC(O)CC[C@H](c2c(NC(O)c3nc(-c4c(F)cccc4F)sc3N)cnn2C)O1. The fourth-order valence-corrected chi connectivity index (χ4v) is 4.87. The molecule has 0 spiro atoms. The van der Waals surface area contributed by atoms with Crippen LogP contribution in [0, 0.1) is 11.6 Å². The molecule has 2 aromatic heterocycles. The van der Waals surface area contributed by atoms with Gasteiger partial charge in [-0.1, -0.05) is 17.4 Å². The van der Waals surface area contributed by atoms with Gasteiger partial charge in [-0.3, -0.25) is 4.68 Å². The van der Waals surface area contributed by atoms with Gasteiger partial charge in [-0.25, -0.2) is 13.8 Å². The molecule has 1 aromatic carbocycles. The first-order chi connectivity index (χ1) is 15.2. The number of nitrogens with two attached hydrogens (primary N) is 1. The predicted molar refractivity (Wildman–Crippen MR) is 117 cm³/mol. The van der Waals surface area contributed by atoms with Crippen molar-refractivity contribution in [1.29, 1.82) is 0 Å². The van der Waals surface area contributed by atoms with Gasteiger partial charge in [0.2, 0.25) is 0 Å². The first-order valence-corrected chi connectivity index (χ1v) is 11.1. The van der Waals surface area contributed by atoms with Crippen LogP contribution in [0.25, 0.3) is 10.6 Å². The summed E-state index contributed by atoms with van der Waals surface area (Å²) in [6.45, 7) is 1.90. The molecule has 0 aliphatic carbocycles. The molecular weight excluding hydrogens is 440 g/mol. The highest BCUT2D eigenvalue weighted by Crippen LogP contribution is 2.38. The molecule has 8 nitrogen and oxygen atoms in total.